The number of rotatable bonds is 5. The average molecular weight is 223 g/mol. The Labute approximate surface area is 95.2 Å². The zero-order chi connectivity index (χ0) is 12.2. The number of hydrogen-bond acceptors (Lipinski definition) is 3. The number of hydroxylamine groups is 1. The smallest absolute Gasteiger partial charge is 0.325 e. The third-order valence-corrected chi connectivity index (χ3v) is 2.29. The van der Waals surface area contributed by atoms with E-state index in [2.05, 4.69) is 5.48 Å². The second-order valence-corrected chi connectivity index (χ2v) is 4.20. The molecule has 0 saturated heterocycles. The van der Waals surface area contributed by atoms with Crippen molar-refractivity contribution >= 4 is 5.97 Å². The standard InChI is InChI=1S/C12H17NO3/c1-9(10-7-5-4-6-8-10)16-13-12(2,3)11(14)15/h4-9,13H,1-3H3,(H,14,15). The average Bonchev–Trinajstić information content (AvgIpc) is 2.27. The van der Waals surface area contributed by atoms with Crippen LogP contribution in [0.1, 0.15) is 32.4 Å². The Morgan fingerprint density at radius 1 is 1.38 bits per heavy atom. The lowest BCUT2D eigenvalue weighted by Crippen LogP contribution is -2.46. The van der Waals surface area contributed by atoms with Crippen LogP contribution in [0.2, 0.25) is 0 Å². The molecule has 0 aromatic heterocycles. The Bertz CT molecular complexity index is 349. The van der Waals surface area contributed by atoms with Crippen LogP contribution in [0.15, 0.2) is 30.3 Å². The SMILES string of the molecule is CC(ONC(C)(C)C(=O)O)c1ccccc1. The number of nitrogens with one attached hydrogen (secondary N) is 1. The minimum atomic E-state index is -1.09. The fourth-order valence-electron chi connectivity index (χ4n) is 1.07. The molecule has 2 N–H and O–H groups in total. The van der Waals surface area contributed by atoms with Crippen LogP contribution in [0, 0.1) is 0 Å². The second-order valence-electron chi connectivity index (χ2n) is 4.20. The van der Waals surface area contributed by atoms with E-state index in [0.717, 1.165) is 5.56 Å². The highest BCUT2D eigenvalue weighted by molar-refractivity contribution is 5.77. The molecule has 0 heterocycles. The van der Waals surface area contributed by atoms with Gasteiger partial charge < -0.3 is 5.11 Å². The van der Waals surface area contributed by atoms with Gasteiger partial charge >= 0.3 is 5.97 Å². The molecule has 4 heteroatoms. The van der Waals surface area contributed by atoms with Gasteiger partial charge in [-0.1, -0.05) is 30.3 Å². The lowest BCUT2D eigenvalue weighted by molar-refractivity contribution is -0.153. The monoisotopic (exact) mass is 223 g/mol. The summed E-state index contributed by atoms with van der Waals surface area (Å²) in [5.74, 6) is -0.951. The number of carboxylic acids is 1. The van der Waals surface area contributed by atoms with Crippen molar-refractivity contribution in [1.82, 2.24) is 5.48 Å². The van der Waals surface area contributed by atoms with E-state index in [1.807, 2.05) is 37.3 Å². The number of benzene rings is 1. The van der Waals surface area contributed by atoms with Gasteiger partial charge in [0.15, 0.2) is 0 Å². The normalized spacial score (nSPS) is 13.4. The van der Waals surface area contributed by atoms with E-state index in [9.17, 15) is 4.79 Å². The van der Waals surface area contributed by atoms with Crippen molar-refractivity contribution in [3.63, 3.8) is 0 Å². The largest absolute Gasteiger partial charge is 0.480 e. The molecule has 0 spiro atoms. The maximum absolute atomic E-state index is 10.8. The summed E-state index contributed by atoms with van der Waals surface area (Å²) in [5.41, 5.74) is 2.46. The van der Waals surface area contributed by atoms with Gasteiger partial charge in [-0.05, 0) is 26.3 Å². The van der Waals surface area contributed by atoms with Gasteiger partial charge in [0.25, 0.3) is 0 Å². The Morgan fingerprint density at radius 3 is 2.44 bits per heavy atom. The zero-order valence-corrected chi connectivity index (χ0v) is 9.73. The Hall–Kier alpha value is -1.39. The molecule has 0 fully saturated rings. The van der Waals surface area contributed by atoms with Crippen LogP contribution in [-0.4, -0.2) is 16.6 Å². The fourth-order valence-corrected chi connectivity index (χ4v) is 1.07. The molecular formula is C12H17NO3. The molecule has 16 heavy (non-hydrogen) atoms. The molecule has 4 nitrogen and oxygen atoms in total. The highest BCUT2D eigenvalue weighted by atomic mass is 16.7. The summed E-state index contributed by atoms with van der Waals surface area (Å²) < 4.78 is 0. The zero-order valence-electron chi connectivity index (χ0n) is 9.73. The van der Waals surface area contributed by atoms with E-state index in [0.29, 0.717) is 0 Å². The van der Waals surface area contributed by atoms with Gasteiger partial charge in [-0.25, -0.2) is 0 Å². The minimum absolute atomic E-state index is 0.195. The van der Waals surface area contributed by atoms with Crippen molar-refractivity contribution in [2.24, 2.45) is 0 Å². The number of hydrogen-bond donors (Lipinski definition) is 2. The second kappa shape index (κ2) is 5.09. The summed E-state index contributed by atoms with van der Waals surface area (Å²) in [4.78, 5) is 16.2. The van der Waals surface area contributed by atoms with Gasteiger partial charge in [0.05, 0.1) is 0 Å². The molecule has 88 valence electrons. The molecule has 0 amide bonds. The van der Waals surface area contributed by atoms with Crippen molar-refractivity contribution in [3.8, 4) is 0 Å². The van der Waals surface area contributed by atoms with Gasteiger partial charge in [0, 0.05) is 0 Å². The first-order valence-electron chi connectivity index (χ1n) is 5.14. The summed E-state index contributed by atoms with van der Waals surface area (Å²) >= 11 is 0. The van der Waals surface area contributed by atoms with Crippen molar-refractivity contribution in [2.75, 3.05) is 0 Å². The minimum Gasteiger partial charge on any atom is -0.480 e. The van der Waals surface area contributed by atoms with Crippen LogP contribution < -0.4 is 5.48 Å². The summed E-state index contributed by atoms with van der Waals surface area (Å²) in [6.07, 6.45) is -0.195. The molecular weight excluding hydrogens is 206 g/mol. The summed E-state index contributed by atoms with van der Waals surface area (Å²) in [5, 5.41) is 8.88. The third-order valence-electron chi connectivity index (χ3n) is 2.29. The predicted octanol–water partition coefficient (Wildman–Crippen LogP) is 2.13. The van der Waals surface area contributed by atoms with E-state index < -0.39 is 11.5 Å². The molecule has 0 radical (unpaired) electrons. The Morgan fingerprint density at radius 2 is 1.94 bits per heavy atom. The maximum Gasteiger partial charge on any atom is 0.325 e. The molecule has 0 aliphatic rings. The highest BCUT2D eigenvalue weighted by Crippen LogP contribution is 2.16. The van der Waals surface area contributed by atoms with Crippen LogP contribution in [-0.2, 0) is 9.63 Å². The first-order chi connectivity index (χ1) is 7.43. The molecule has 1 aromatic carbocycles. The van der Waals surface area contributed by atoms with Crippen molar-refractivity contribution in [1.29, 1.82) is 0 Å². The molecule has 1 aromatic rings. The quantitative estimate of drug-likeness (QED) is 0.751. The van der Waals surface area contributed by atoms with Crippen LogP contribution in [0.25, 0.3) is 0 Å². The van der Waals surface area contributed by atoms with Crippen LogP contribution in [0.4, 0.5) is 0 Å². The van der Waals surface area contributed by atoms with Gasteiger partial charge in [-0.3, -0.25) is 9.63 Å². The van der Waals surface area contributed by atoms with Crippen LogP contribution >= 0.6 is 0 Å². The number of carboxylic acid groups (broad SMARTS) is 1. The predicted molar refractivity (Wildman–Crippen MR) is 60.8 cm³/mol. The lowest BCUT2D eigenvalue weighted by atomic mass is 10.1. The van der Waals surface area contributed by atoms with E-state index in [4.69, 9.17) is 9.94 Å². The molecule has 1 rings (SSSR count). The molecule has 0 aliphatic carbocycles. The lowest BCUT2D eigenvalue weighted by Gasteiger charge is -2.23. The van der Waals surface area contributed by atoms with Gasteiger partial charge in [0.2, 0.25) is 0 Å². The van der Waals surface area contributed by atoms with E-state index in [1.54, 1.807) is 13.8 Å². The first-order valence-corrected chi connectivity index (χ1v) is 5.14. The summed E-state index contributed by atoms with van der Waals surface area (Å²) in [6.45, 7) is 4.96. The topological polar surface area (TPSA) is 58.6 Å². The number of carbonyl (C=O) groups is 1. The van der Waals surface area contributed by atoms with Gasteiger partial charge in [0.1, 0.15) is 11.6 Å². The van der Waals surface area contributed by atoms with E-state index in [1.165, 1.54) is 0 Å². The van der Waals surface area contributed by atoms with Gasteiger partial charge in [-0.15, -0.1) is 0 Å². The Balaban J connectivity index is 2.54. The van der Waals surface area contributed by atoms with Crippen molar-refractivity contribution in [3.05, 3.63) is 35.9 Å². The van der Waals surface area contributed by atoms with E-state index in [-0.39, 0.29) is 6.10 Å². The first kappa shape index (κ1) is 12.7. The highest BCUT2D eigenvalue weighted by Gasteiger charge is 2.27. The maximum atomic E-state index is 10.8. The molecule has 0 saturated carbocycles. The van der Waals surface area contributed by atoms with E-state index >= 15 is 0 Å². The molecule has 1 atom stereocenters. The molecule has 0 bridgehead atoms. The van der Waals surface area contributed by atoms with Crippen molar-refractivity contribution < 1.29 is 14.7 Å². The van der Waals surface area contributed by atoms with Gasteiger partial charge in [-0.2, -0.15) is 5.48 Å². The Kier molecular flexibility index (Phi) is 4.04. The van der Waals surface area contributed by atoms with Crippen LogP contribution in [0.3, 0.4) is 0 Å². The van der Waals surface area contributed by atoms with Crippen molar-refractivity contribution in [2.45, 2.75) is 32.4 Å². The van der Waals surface area contributed by atoms with Crippen LogP contribution in [0.5, 0.6) is 0 Å². The third kappa shape index (κ3) is 3.32. The fraction of sp³-hybridized carbons (Fsp3) is 0.417. The summed E-state index contributed by atoms with van der Waals surface area (Å²) in [7, 11) is 0. The molecule has 1 unspecified atom stereocenters. The summed E-state index contributed by atoms with van der Waals surface area (Å²) in [6, 6.07) is 9.61. The number of aliphatic carboxylic acids is 1. The molecule has 0 aliphatic heterocycles.